The molecule has 3 amide bonds. The van der Waals surface area contributed by atoms with E-state index >= 15 is 0 Å². The van der Waals surface area contributed by atoms with E-state index < -0.39 is 24.5 Å². The van der Waals surface area contributed by atoms with E-state index in [9.17, 15) is 14.4 Å². The van der Waals surface area contributed by atoms with Crippen molar-refractivity contribution < 1.29 is 33.3 Å². The number of benzene rings is 1. The van der Waals surface area contributed by atoms with Gasteiger partial charge < -0.3 is 24.3 Å². The summed E-state index contributed by atoms with van der Waals surface area (Å²) in [5.74, 6) is -0.0479. The molecule has 0 bridgehead atoms. The van der Waals surface area contributed by atoms with E-state index in [0.717, 1.165) is 4.90 Å². The van der Waals surface area contributed by atoms with Gasteiger partial charge >= 0.3 is 12.0 Å². The van der Waals surface area contributed by atoms with Crippen LogP contribution >= 0.6 is 0 Å². The smallest absolute Gasteiger partial charge is 0.329 e. The summed E-state index contributed by atoms with van der Waals surface area (Å²) in [6, 6.07) is 2.49. The lowest BCUT2D eigenvalue weighted by atomic mass is 10.1. The third-order valence-electron chi connectivity index (χ3n) is 3.51. The molecule has 9 nitrogen and oxygen atoms in total. The Morgan fingerprint density at radius 1 is 1.04 bits per heavy atom. The molecule has 0 radical (unpaired) electrons. The van der Waals surface area contributed by atoms with Crippen molar-refractivity contribution in [3.63, 3.8) is 0 Å². The third kappa shape index (κ3) is 3.65. The summed E-state index contributed by atoms with van der Waals surface area (Å²) in [5, 5.41) is 2.41. The van der Waals surface area contributed by atoms with E-state index in [4.69, 9.17) is 14.2 Å². The maximum absolute atomic E-state index is 12.3. The molecule has 0 saturated carbocycles. The van der Waals surface area contributed by atoms with Crippen LogP contribution in [0.1, 0.15) is 5.56 Å². The fourth-order valence-electron chi connectivity index (χ4n) is 2.23. The minimum Gasteiger partial charge on any atom is -0.496 e. The van der Waals surface area contributed by atoms with Gasteiger partial charge in [0.1, 0.15) is 18.0 Å². The Hall–Kier alpha value is -3.23. The highest BCUT2D eigenvalue weighted by Gasteiger charge is 2.35. The number of carbonyl (C=O) groups is 3. The summed E-state index contributed by atoms with van der Waals surface area (Å²) < 4.78 is 20.2. The van der Waals surface area contributed by atoms with Crippen molar-refractivity contribution in [3.8, 4) is 17.2 Å². The zero-order valence-electron chi connectivity index (χ0n) is 14.2. The van der Waals surface area contributed by atoms with Gasteiger partial charge in [-0.25, -0.2) is 9.69 Å². The second-order valence-electron chi connectivity index (χ2n) is 4.90. The SMILES string of the molecule is COC(=O)CN1C(=O)NC(=Cc2cc(OC)c(OC)cc2OC)C1=O. The number of rotatable bonds is 6. The number of ether oxygens (including phenoxy) is 4. The van der Waals surface area contributed by atoms with E-state index in [0.29, 0.717) is 22.8 Å². The van der Waals surface area contributed by atoms with Crippen LogP contribution in [0.5, 0.6) is 17.2 Å². The fourth-order valence-corrected chi connectivity index (χ4v) is 2.23. The van der Waals surface area contributed by atoms with Gasteiger partial charge in [-0.3, -0.25) is 9.59 Å². The maximum Gasteiger partial charge on any atom is 0.329 e. The Bertz CT molecular complexity index is 742. The standard InChI is InChI=1S/C16H18N2O7/c1-22-11-7-13(24-3)12(23-2)6-9(11)5-10-15(20)18(16(21)17-10)8-14(19)25-4/h5-7H,8H2,1-4H3,(H,17,21). The van der Waals surface area contributed by atoms with Gasteiger partial charge in [0.15, 0.2) is 11.5 Å². The van der Waals surface area contributed by atoms with Gasteiger partial charge in [0.2, 0.25) is 0 Å². The number of hydrogen-bond acceptors (Lipinski definition) is 7. The topological polar surface area (TPSA) is 103 Å². The first-order valence-corrected chi connectivity index (χ1v) is 7.16. The van der Waals surface area contributed by atoms with Crippen molar-refractivity contribution >= 4 is 24.0 Å². The van der Waals surface area contributed by atoms with Crippen LogP contribution in [0.2, 0.25) is 0 Å². The normalized spacial score (nSPS) is 15.2. The molecule has 1 aliphatic heterocycles. The second kappa shape index (κ2) is 7.56. The molecule has 1 aliphatic rings. The number of carbonyl (C=O) groups excluding carboxylic acids is 3. The molecule has 1 aromatic carbocycles. The number of nitrogens with zero attached hydrogens (tertiary/aromatic N) is 1. The first-order chi connectivity index (χ1) is 11.9. The van der Waals surface area contributed by atoms with Crippen LogP contribution < -0.4 is 19.5 Å². The lowest BCUT2D eigenvalue weighted by molar-refractivity contribution is -0.143. The molecule has 134 valence electrons. The maximum atomic E-state index is 12.3. The summed E-state index contributed by atoms with van der Waals surface area (Å²) in [4.78, 5) is 36.3. The lowest BCUT2D eigenvalue weighted by Gasteiger charge is -2.12. The Balaban J connectivity index is 2.38. The molecule has 25 heavy (non-hydrogen) atoms. The van der Waals surface area contributed by atoms with Crippen LogP contribution in [-0.2, 0) is 14.3 Å². The largest absolute Gasteiger partial charge is 0.496 e. The van der Waals surface area contributed by atoms with Gasteiger partial charge in [-0.2, -0.15) is 0 Å². The molecule has 1 heterocycles. The third-order valence-corrected chi connectivity index (χ3v) is 3.51. The molecule has 0 unspecified atom stereocenters. The van der Waals surface area contributed by atoms with E-state index in [1.165, 1.54) is 34.5 Å². The molecule has 0 spiro atoms. The van der Waals surface area contributed by atoms with E-state index in [2.05, 4.69) is 10.1 Å². The van der Waals surface area contributed by atoms with Gasteiger partial charge in [0, 0.05) is 11.6 Å². The minimum absolute atomic E-state index is 0.000534. The monoisotopic (exact) mass is 350 g/mol. The molecular weight excluding hydrogens is 332 g/mol. The Labute approximate surface area is 144 Å². The molecule has 0 aromatic heterocycles. The Kier molecular flexibility index (Phi) is 5.48. The molecule has 2 rings (SSSR count). The summed E-state index contributed by atoms with van der Waals surface area (Å²) in [5.41, 5.74) is 0.489. The predicted molar refractivity (Wildman–Crippen MR) is 86.3 cm³/mol. The van der Waals surface area contributed by atoms with Crippen LogP contribution in [0, 0.1) is 0 Å². The van der Waals surface area contributed by atoms with Crippen molar-refractivity contribution in [2.75, 3.05) is 35.0 Å². The average molecular weight is 350 g/mol. The summed E-state index contributed by atoms with van der Waals surface area (Å²) >= 11 is 0. The number of amides is 3. The van der Waals surface area contributed by atoms with Crippen molar-refractivity contribution in [1.29, 1.82) is 0 Å². The number of methoxy groups -OCH3 is 4. The molecule has 1 N–H and O–H groups in total. The van der Waals surface area contributed by atoms with Crippen LogP contribution in [0.3, 0.4) is 0 Å². The molecule has 1 aromatic rings. The van der Waals surface area contributed by atoms with Gasteiger partial charge in [-0.15, -0.1) is 0 Å². The Morgan fingerprint density at radius 3 is 2.20 bits per heavy atom. The molecule has 9 heteroatoms. The first-order valence-electron chi connectivity index (χ1n) is 7.16. The zero-order valence-corrected chi connectivity index (χ0v) is 14.2. The van der Waals surface area contributed by atoms with Crippen LogP contribution in [0.25, 0.3) is 6.08 Å². The number of nitrogens with one attached hydrogen (secondary N) is 1. The van der Waals surface area contributed by atoms with Crippen molar-refractivity contribution in [2.45, 2.75) is 0 Å². The zero-order chi connectivity index (χ0) is 18.6. The number of urea groups is 1. The first kappa shape index (κ1) is 18.1. The van der Waals surface area contributed by atoms with Crippen molar-refractivity contribution in [3.05, 3.63) is 23.4 Å². The molecular formula is C16H18N2O7. The lowest BCUT2D eigenvalue weighted by Crippen LogP contribution is -2.36. The molecule has 0 aliphatic carbocycles. The minimum atomic E-state index is -0.707. The quantitative estimate of drug-likeness (QED) is 0.459. The summed E-state index contributed by atoms with van der Waals surface area (Å²) in [7, 11) is 5.59. The molecule has 1 saturated heterocycles. The summed E-state index contributed by atoms with van der Waals surface area (Å²) in [6.07, 6.45) is 1.43. The number of hydrogen-bond donors (Lipinski definition) is 1. The van der Waals surface area contributed by atoms with Gasteiger partial charge in [0.25, 0.3) is 5.91 Å². The fraction of sp³-hybridized carbons (Fsp3) is 0.312. The van der Waals surface area contributed by atoms with Crippen molar-refractivity contribution in [2.24, 2.45) is 0 Å². The van der Waals surface area contributed by atoms with Crippen LogP contribution in [0.4, 0.5) is 4.79 Å². The summed E-state index contributed by atoms with van der Waals surface area (Å²) in [6.45, 7) is -0.471. The number of esters is 1. The highest BCUT2D eigenvalue weighted by atomic mass is 16.5. The second-order valence-corrected chi connectivity index (χ2v) is 4.90. The van der Waals surface area contributed by atoms with E-state index in [1.807, 2.05) is 0 Å². The van der Waals surface area contributed by atoms with Gasteiger partial charge in [-0.1, -0.05) is 0 Å². The highest BCUT2D eigenvalue weighted by Crippen LogP contribution is 2.35. The van der Waals surface area contributed by atoms with Crippen LogP contribution in [-0.4, -0.2) is 57.8 Å². The molecule has 0 atom stereocenters. The van der Waals surface area contributed by atoms with Gasteiger partial charge in [0.05, 0.1) is 28.4 Å². The molecule has 1 fully saturated rings. The van der Waals surface area contributed by atoms with E-state index in [-0.39, 0.29) is 5.70 Å². The van der Waals surface area contributed by atoms with Crippen LogP contribution in [0.15, 0.2) is 17.8 Å². The predicted octanol–water partition coefficient (Wildman–Crippen LogP) is 0.778. The number of imide groups is 1. The average Bonchev–Trinajstić information content (AvgIpc) is 2.88. The van der Waals surface area contributed by atoms with E-state index in [1.54, 1.807) is 12.1 Å². The van der Waals surface area contributed by atoms with Crippen molar-refractivity contribution in [1.82, 2.24) is 10.2 Å². The Morgan fingerprint density at radius 2 is 1.64 bits per heavy atom. The highest BCUT2D eigenvalue weighted by molar-refractivity contribution is 6.15. The van der Waals surface area contributed by atoms with Gasteiger partial charge in [-0.05, 0) is 12.1 Å².